The Balaban J connectivity index is 2.35. The first-order chi connectivity index (χ1) is 8.16. The molecule has 5 heteroatoms. The molecular formula is C12H9FN2O2. The Morgan fingerprint density at radius 2 is 1.94 bits per heavy atom. The number of aromatic nitrogens is 2. The molecule has 0 unspecified atom stereocenters. The highest BCUT2D eigenvalue weighted by molar-refractivity contribution is 5.70. The Bertz CT molecular complexity index is 543. The number of hydrogen-bond acceptors (Lipinski definition) is 3. The second-order valence-corrected chi connectivity index (χ2v) is 3.45. The summed E-state index contributed by atoms with van der Waals surface area (Å²) in [5, 5.41) is 8.57. The first-order valence-corrected chi connectivity index (χ1v) is 4.94. The average Bonchev–Trinajstić information content (AvgIpc) is 2.29. The number of aliphatic carboxylic acids is 1. The summed E-state index contributed by atoms with van der Waals surface area (Å²) in [5.41, 5.74) is 1.20. The lowest BCUT2D eigenvalue weighted by atomic mass is 10.1. The van der Waals surface area contributed by atoms with Crippen molar-refractivity contribution in [2.45, 2.75) is 6.42 Å². The van der Waals surface area contributed by atoms with Crippen molar-refractivity contribution in [1.82, 2.24) is 9.97 Å². The van der Waals surface area contributed by atoms with Crippen LogP contribution >= 0.6 is 0 Å². The van der Waals surface area contributed by atoms with E-state index in [4.69, 9.17) is 5.11 Å². The van der Waals surface area contributed by atoms with Gasteiger partial charge >= 0.3 is 5.97 Å². The summed E-state index contributed by atoms with van der Waals surface area (Å²) in [5.74, 6) is -1.71. The zero-order chi connectivity index (χ0) is 12.3. The predicted octanol–water partition coefficient (Wildman–Crippen LogP) is 1.91. The van der Waals surface area contributed by atoms with Gasteiger partial charge in [-0.05, 0) is 29.8 Å². The van der Waals surface area contributed by atoms with Crippen LogP contribution in [0, 0.1) is 5.95 Å². The molecule has 0 aliphatic heterocycles. The van der Waals surface area contributed by atoms with E-state index in [0.717, 1.165) is 0 Å². The topological polar surface area (TPSA) is 63.1 Å². The number of hydrogen-bond donors (Lipinski definition) is 1. The van der Waals surface area contributed by atoms with Crippen molar-refractivity contribution in [3.63, 3.8) is 0 Å². The van der Waals surface area contributed by atoms with E-state index >= 15 is 0 Å². The van der Waals surface area contributed by atoms with Crippen LogP contribution in [0.25, 0.3) is 11.1 Å². The van der Waals surface area contributed by atoms with Gasteiger partial charge in [-0.3, -0.25) is 9.78 Å². The molecule has 0 saturated carbocycles. The van der Waals surface area contributed by atoms with Crippen LogP contribution in [0.5, 0.6) is 0 Å². The fourth-order valence-electron chi connectivity index (χ4n) is 1.47. The Labute approximate surface area is 96.8 Å². The van der Waals surface area contributed by atoms with Gasteiger partial charge in [-0.1, -0.05) is 0 Å². The van der Waals surface area contributed by atoms with Gasteiger partial charge in [0.1, 0.15) is 0 Å². The van der Waals surface area contributed by atoms with Crippen molar-refractivity contribution < 1.29 is 14.3 Å². The minimum absolute atomic E-state index is 0.202. The molecule has 0 bridgehead atoms. The van der Waals surface area contributed by atoms with Crippen LogP contribution in [-0.4, -0.2) is 21.0 Å². The van der Waals surface area contributed by atoms with Gasteiger partial charge in [0, 0.05) is 18.0 Å². The van der Waals surface area contributed by atoms with E-state index < -0.39 is 11.9 Å². The number of carboxylic acids is 1. The molecule has 0 aliphatic carbocycles. The summed E-state index contributed by atoms with van der Waals surface area (Å²) in [4.78, 5) is 17.9. The molecule has 4 nitrogen and oxygen atoms in total. The molecule has 2 aromatic heterocycles. The van der Waals surface area contributed by atoms with Gasteiger partial charge in [0.05, 0.1) is 12.1 Å². The van der Waals surface area contributed by atoms with Crippen molar-refractivity contribution in [2.75, 3.05) is 0 Å². The number of rotatable bonds is 3. The number of carboxylic acid groups (broad SMARTS) is 1. The molecular weight excluding hydrogens is 223 g/mol. The van der Waals surface area contributed by atoms with Crippen molar-refractivity contribution in [3.05, 3.63) is 48.3 Å². The maximum atomic E-state index is 13.7. The summed E-state index contributed by atoms with van der Waals surface area (Å²) >= 11 is 0. The van der Waals surface area contributed by atoms with E-state index in [9.17, 15) is 9.18 Å². The molecule has 0 atom stereocenters. The van der Waals surface area contributed by atoms with Gasteiger partial charge < -0.3 is 5.11 Å². The standard InChI is InChI=1S/C12H9FN2O2/c13-12-10(8-3-5-14-6-4-8)2-1-9(15-12)7-11(16)17/h1-6H,7H2,(H,16,17). The number of pyridine rings is 2. The van der Waals surface area contributed by atoms with Crippen LogP contribution in [0.3, 0.4) is 0 Å². The van der Waals surface area contributed by atoms with Gasteiger partial charge in [-0.25, -0.2) is 4.98 Å². The Hall–Kier alpha value is -2.30. The highest BCUT2D eigenvalue weighted by Crippen LogP contribution is 2.20. The third-order valence-corrected chi connectivity index (χ3v) is 2.23. The lowest BCUT2D eigenvalue weighted by molar-refractivity contribution is -0.136. The van der Waals surface area contributed by atoms with Crippen LogP contribution in [0.2, 0.25) is 0 Å². The molecule has 2 heterocycles. The smallest absolute Gasteiger partial charge is 0.309 e. The summed E-state index contributed by atoms with van der Waals surface area (Å²) in [6, 6.07) is 6.36. The Morgan fingerprint density at radius 3 is 2.53 bits per heavy atom. The summed E-state index contributed by atoms with van der Waals surface area (Å²) in [6.45, 7) is 0. The van der Waals surface area contributed by atoms with E-state index in [-0.39, 0.29) is 12.1 Å². The Kier molecular flexibility index (Phi) is 3.09. The first kappa shape index (κ1) is 11.2. The second-order valence-electron chi connectivity index (χ2n) is 3.45. The van der Waals surface area contributed by atoms with Crippen LogP contribution in [0.15, 0.2) is 36.7 Å². The normalized spacial score (nSPS) is 10.2. The number of halogens is 1. The monoisotopic (exact) mass is 232 g/mol. The molecule has 0 spiro atoms. The minimum Gasteiger partial charge on any atom is -0.481 e. The van der Waals surface area contributed by atoms with Crippen LogP contribution in [0.1, 0.15) is 5.69 Å². The number of carbonyl (C=O) groups is 1. The van der Waals surface area contributed by atoms with E-state index in [1.165, 1.54) is 12.1 Å². The third-order valence-electron chi connectivity index (χ3n) is 2.23. The van der Waals surface area contributed by atoms with Crippen molar-refractivity contribution in [1.29, 1.82) is 0 Å². The molecule has 0 aromatic carbocycles. The average molecular weight is 232 g/mol. The van der Waals surface area contributed by atoms with Crippen LogP contribution < -0.4 is 0 Å². The largest absolute Gasteiger partial charge is 0.481 e. The molecule has 1 N–H and O–H groups in total. The molecule has 17 heavy (non-hydrogen) atoms. The third kappa shape index (κ3) is 2.63. The van der Waals surface area contributed by atoms with E-state index in [2.05, 4.69) is 9.97 Å². The highest BCUT2D eigenvalue weighted by atomic mass is 19.1. The molecule has 0 amide bonds. The molecule has 86 valence electrons. The second kappa shape index (κ2) is 4.69. The maximum Gasteiger partial charge on any atom is 0.309 e. The van der Waals surface area contributed by atoms with Gasteiger partial charge in [-0.15, -0.1) is 0 Å². The molecule has 0 saturated heterocycles. The van der Waals surface area contributed by atoms with Gasteiger partial charge in [0.2, 0.25) is 5.95 Å². The lowest BCUT2D eigenvalue weighted by Gasteiger charge is -2.03. The highest BCUT2D eigenvalue weighted by Gasteiger charge is 2.09. The summed E-state index contributed by atoms with van der Waals surface area (Å²) < 4.78 is 13.7. The Morgan fingerprint density at radius 1 is 1.24 bits per heavy atom. The maximum absolute atomic E-state index is 13.7. The molecule has 0 aliphatic rings. The first-order valence-electron chi connectivity index (χ1n) is 4.94. The predicted molar refractivity (Wildman–Crippen MR) is 58.8 cm³/mol. The molecule has 2 aromatic rings. The van der Waals surface area contributed by atoms with Crippen molar-refractivity contribution >= 4 is 5.97 Å². The fourth-order valence-corrected chi connectivity index (χ4v) is 1.47. The molecule has 0 radical (unpaired) electrons. The van der Waals surface area contributed by atoms with Crippen LogP contribution in [0.4, 0.5) is 4.39 Å². The minimum atomic E-state index is -1.03. The SMILES string of the molecule is O=C(O)Cc1ccc(-c2ccncc2)c(F)n1. The quantitative estimate of drug-likeness (QED) is 0.821. The van der Waals surface area contributed by atoms with E-state index in [0.29, 0.717) is 11.1 Å². The van der Waals surface area contributed by atoms with E-state index in [1.807, 2.05) is 0 Å². The fraction of sp³-hybridized carbons (Fsp3) is 0.0833. The van der Waals surface area contributed by atoms with Gasteiger partial charge in [-0.2, -0.15) is 4.39 Å². The summed E-state index contributed by atoms with van der Waals surface area (Å²) in [6.07, 6.45) is 2.83. The number of nitrogens with zero attached hydrogens (tertiary/aromatic N) is 2. The zero-order valence-electron chi connectivity index (χ0n) is 8.80. The van der Waals surface area contributed by atoms with Crippen molar-refractivity contribution in [3.8, 4) is 11.1 Å². The van der Waals surface area contributed by atoms with E-state index in [1.54, 1.807) is 24.5 Å². The van der Waals surface area contributed by atoms with Crippen molar-refractivity contribution in [2.24, 2.45) is 0 Å². The van der Waals surface area contributed by atoms with Gasteiger partial charge in [0.25, 0.3) is 0 Å². The lowest BCUT2D eigenvalue weighted by Crippen LogP contribution is -2.04. The molecule has 2 rings (SSSR count). The summed E-state index contributed by atoms with van der Waals surface area (Å²) in [7, 11) is 0. The van der Waals surface area contributed by atoms with Gasteiger partial charge in [0.15, 0.2) is 0 Å². The molecule has 0 fully saturated rings. The van der Waals surface area contributed by atoms with Crippen LogP contribution in [-0.2, 0) is 11.2 Å². The zero-order valence-corrected chi connectivity index (χ0v) is 8.80.